The third kappa shape index (κ3) is 5.72. The number of H-pyrrole nitrogens is 3. The summed E-state index contributed by atoms with van der Waals surface area (Å²) in [5.74, 6) is -0.0431. The molecule has 0 amide bonds. The molecule has 2 aliphatic rings. The first-order chi connectivity index (χ1) is 25.4. The lowest BCUT2D eigenvalue weighted by molar-refractivity contribution is 0.892. The highest BCUT2D eigenvalue weighted by Crippen LogP contribution is 2.37. The molecule has 3 aromatic heterocycles. The first-order valence-corrected chi connectivity index (χ1v) is 18.0. The zero-order valence-corrected chi connectivity index (χ0v) is 29.9. The largest absolute Gasteiger partial charge is 0.357 e. The fourth-order valence-electron chi connectivity index (χ4n) is 7.56. The Kier molecular flexibility index (Phi) is 7.74. The van der Waals surface area contributed by atoms with E-state index < -0.39 is 0 Å². The van der Waals surface area contributed by atoms with Crippen molar-refractivity contribution < 1.29 is 0 Å². The van der Waals surface area contributed by atoms with Gasteiger partial charge in [-0.1, -0.05) is 119 Å². The van der Waals surface area contributed by atoms with E-state index in [-0.39, 0.29) is 5.92 Å². The van der Waals surface area contributed by atoms with Crippen molar-refractivity contribution in [2.75, 3.05) is 0 Å². The number of fused-ring (bicyclic) bond motifs is 7. The van der Waals surface area contributed by atoms with Crippen molar-refractivity contribution in [1.82, 2.24) is 15.0 Å². The number of benzene rings is 4. The SMILES string of the molecule is Cc1ccc(C2=C3C=CC(=N3)C(c3ccc(C)cc3)=c3ccc([nH]3)=C(c3ccc(C)cc3)c3ccc([nH]3)C(c3ccc(C)cc3)c3ccc2[nH]3)cc1. The molecular formula is C48H40N4. The van der Waals surface area contributed by atoms with Gasteiger partial charge in [0.05, 0.1) is 17.3 Å². The smallest absolute Gasteiger partial charge is 0.0737 e. The van der Waals surface area contributed by atoms with Crippen molar-refractivity contribution in [2.45, 2.75) is 33.6 Å². The Morgan fingerprint density at radius 3 is 1.38 bits per heavy atom. The van der Waals surface area contributed by atoms with Crippen molar-refractivity contribution >= 4 is 22.4 Å². The second-order valence-electron chi connectivity index (χ2n) is 14.2. The summed E-state index contributed by atoms with van der Waals surface area (Å²) < 4.78 is 0. The molecule has 2 aliphatic heterocycles. The molecule has 1 atom stereocenters. The van der Waals surface area contributed by atoms with Crippen molar-refractivity contribution in [2.24, 2.45) is 4.99 Å². The number of allylic oxidation sites excluding steroid dienone is 2. The van der Waals surface area contributed by atoms with Crippen LogP contribution in [-0.4, -0.2) is 20.7 Å². The van der Waals surface area contributed by atoms with E-state index in [4.69, 9.17) is 4.99 Å². The summed E-state index contributed by atoms with van der Waals surface area (Å²) in [7, 11) is 0. The van der Waals surface area contributed by atoms with Gasteiger partial charge < -0.3 is 15.0 Å². The van der Waals surface area contributed by atoms with Crippen molar-refractivity contribution in [1.29, 1.82) is 0 Å². The van der Waals surface area contributed by atoms with Gasteiger partial charge in [-0.05, 0) is 98.5 Å². The average molecular weight is 673 g/mol. The summed E-state index contributed by atoms with van der Waals surface area (Å²) in [5, 5.41) is 2.06. The summed E-state index contributed by atoms with van der Waals surface area (Å²) in [6.07, 6.45) is 4.33. The first kappa shape index (κ1) is 31.6. The molecule has 0 aliphatic carbocycles. The quantitative estimate of drug-likeness (QED) is 0.167. The van der Waals surface area contributed by atoms with Gasteiger partial charge in [-0.25, -0.2) is 4.99 Å². The Morgan fingerprint density at radius 1 is 0.404 bits per heavy atom. The summed E-state index contributed by atoms with van der Waals surface area (Å²) >= 11 is 0. The van der Waals surface area contributed by atoms with Gasteiger partial charge >= 0.3 is 0 Å². The minimum Gasteiger partial charge on any atom is -0.357 e. The monoisotopic (exact) mass is 672 g/mol. The number of aromatic amines is 3. The van der Waals surface area contributed by atoms with Crippen LogP contribution in [0.4, 0.5) is 0 Å². The zero-order valence-electron chi connectivity index (χ0n) is 29.9. The van der Waals surface area contributed by atoms with Gasteiger partial charge in [0.2, 0.25) is 0 Å². The van der Waals surface area contributed by atoms with Gasteiger partial charge in [-0.15, -0.1) is 0 Å². The number of hydrogen-bond donors (Lipinski definition) is 3. The normalized spacial score (nSPS) is 15.4. The standard InChI is InChI=1S/C48H40N4/c1-29-5-13-33(14-6-29)45-37-21-23-39(49-37)46(34-15-7-30(2)8-16-34)41-25-27-43(51-41)48(36-19-11-32(4)12-20-36)44-28-26-42(52-44)47(40-24-22-38(45)50-40)35-17-9-31(3)10-18-35/h5-28,45,49-51H,1-4H3. The van der Waals surface area contributed by atoms with Crippen LogP contribution in [0.15, 0.2) is 156 Å². The number of aryl methyl sites for hydroxylation is 4. The third-order valence-electron chi connectivity index (χ3n) is 10.4. The lowest BCUT2D eigenvalue weighted by Gasteiger charge is -2.17. The van der Waals surface area contributed by atoms with E-state index in [0.29, 0.717) is 0 Å². The minimum atomic E-state index is -0.0431. The molecule has 0 spiro atoms. The van der Waals surface area contributed by atoms with Crippen LogP contribution in [0.3, 0.4) is 0 Å². The second kappa shape index (κ2) is 12.7. The van der Waals surface area contributed by atoms with Gasteiger partial charge in [-0.2, -0.15) is 0 Å². The number of aromatic nitrogens is 3. The Bertz CT molecular complexity index is 2670. The van der Waals surface area contributed by atoms with Crippen LogP contribution >= 0.6 is 0 Å². The van der Waals surface area contributed by atoms with Gasteiger partial charge in [0.1, 0.15) is 0 Å². The zero-order chi connectivity index (χ0) is 35.3. The van der Waals surface area contributed by atoms with E-state index in [1.807, 2.05) is 0 Å². The maximum absolute atomic E-state index is 5.43. The molecule has 0 radical (unpaired) electrons. The Balaban J connectivity index is 1.39. The summed E-state index contributed by atoms with van der Waals surface area (Å²) in [4.78, 5) is 17.1. The van der Waals surface area contributed by atoms with E-state index >= 15 is 0 Å². The molecule has 8 bridgehead atoms. The first-order valence-electron chi connectivity index (χ1n) is 18.0. The minimum absolute atomic E-state index is 0.0431. The van der Waals surface area contributed by atoms with Crippen molar-refractivity contribution in [3.8, 4) is 0 Å². The van der Waals surface area contributed by atoms with Crippen LogP contribution in [0.2, 0.25) is 0 Å². The van der Waals surface area contributed by atoms with E-state index in [1.54, 1.807) is 0 Å². The number of nitrogens with one attached hydrogen (secondary N) is 3. The van der Waals surface area contributed by atoms with E-state index in [2.05, 4.69) is 188 Å². The van der Waals surface area contributed by atoms with Crippen LogP contribution in [0, 0.1) is 27.7 Å². The van der Waals surface area contributed by atoms with Gasteiger partial charge in [0.25, 0.3) is 0 Å². The fourth-order valence-corrected chi connectivity index (χ4v) is 7.56. The highest BCUT2D eigenvalue weighted by atomic mass is 14.8. The summed E-state index contributed by atoms with van der Waals surface area (Å²) in [6, 6.07) is 48.6. The van der Waals surface area contributed by atoms with E-state index in [0.717, 1.165) is 78.3 Å². The van der Waals surface area contributed by atoms with E-state index in [1.165, 1.54) is 27.8 Å². The lowest BCUT2D eigenvalue weighted by atomic mass is 9.92. The lowest BCUT2D eigenvalue weighted by Crippen LogP contribution is -2.19. The fraction of sp³-hybridized carbons (Fsp3) is 0.104. The molecule has 3 N–H and O–H groups in total. The topological polar surface area (TPSA) is 59.7 Å². The number of rotatable bonds is 4. The van der Waals surface area contributed by atoms with Gasteiger partial charge in [-0.3, -0.25) is 0 Å². The Morgan fingerprint density at radius 2 is 0.846 bits per heavy atom. The highest BCUT2D eigenvalue weighted by molar-refractivity contribution is 6.30. The maximum atomic E-state index is 5.43. The third-order valence-corrected chi connectivity index (χ3v) is 10.4. The van der Waals surface area contributed by atoms with E-state index in [9.17, 15) is 0 Å². The van der Waals surface area contributed by atoms with Crippen LogP contribution < -0.4 is 10.7 Å². The second-order valence-corrected chi connectivity index (χ2v) is 14.2. The molecule has 7 aromatic rings. The molecule has 4 heteroatoms. The molecule has 0 saturated carbocycles. The number of nitrogens with zero attached hydrogens (tertiary/aromatic N) is 1. The van der Waals surface area contributed by atoms with Gasteiger partial charge in [0, 0.05) is 50.2 Å². The molecule has 4 nitrogen and oxygen atoms in total. The maximum Gasteiger partial charge on any atom is 0.0737 e. The Hall–Kier alpha value is -6.39. The predicted octanol–water partition coefficient (Wildman–Crippen LogP) is 9.31. The molecule has 52 heavy (non-hydrogen) atoms. The molecular weight excluding hydrogens is 633 g/mol. The average Bonchev–Trinajstić information content (AvgIpc) is 3.99. The molecule has 1 unspecified atom stereocenters. The predicted molar refractivity (Wildman–Crippen MR) is 214 cm³/mol. The summed E-state index contributed by atoms with van der Waals surface area (Å²) in [6.45, 7) is 8.53. The molecule has 5 heterocycles. The van der Waals surface area contributed by atoms with Crippen LogP contribution in [0.5, 0.6) is 0 Å². The van der Waals surface area contributed by atoms with Crippen LogP contribution in [0.25, 0.3) is 16.7 Å². The summed E-state index contributed by atoms with van der Waals surface area (Å²) in [5.41, 5.74) is 18.9. The van der Waals surface area contributed by atoms with Crippen molar-refractivity contribution in [3.63, 3.8) is 0 Å². The van der Waals surface area contributed by atoms with Crippen LogP contribution in [0.1, 0.15) is 73.2 Å². The molecule has 4 aromatic carbocycles. The number of aliphatic imine (C=N–C) groups is 1. The van der Waals surface area contributed by atoms with Gasteiger partial charge in [0.15, 0.2) is 0 Å². The van der Waals surface area contributed by atoms with Crippen LogP contribution in [-0.2, 0) is 0 Å². The molecule has 0 saturated heterocycles. The number of hydrogen-bond acceptors (Lipinski definition) is 1. The molecule has 0 fully saturated rings. The molecule has 252 valence electrons. The Labute approximate surface area is 304 Å². The molecule has 9 rings (SSSR count). The van der Waals surface area contributed by atoms with Crippen molar-refractivity contribution in [3.05, 3.63) is 229 Å². The highest BCUT2D eigenvalue weighted by Gasteiger charge is 2.25.